The molecule has 0 spiro atoms. The fourth-order valence-electron chi connectivity index (χ4n) is 5.24. The minimum absolute atomic E-state index is 0.229. The van der Waals surface area contributed by atoms with Crippen LogP contribution in [-0.4, -0.2) is 87.5 Å². The van der Waals surface area contributed by atoms with Gasteiger partial charge in [-0.1, -0.05) is 0 Å². The zero-order chi connectivity index (χ0) is 21.8. The van der Waals surface area contributed by atoms with Crippen LogP contribution < -0.4 is 0 Å². The molecule has 0 bridgehead atoms. The third-order valence-electron chi connectivity index (χ3n) is 7.02. The molecule has 1 atom stereocenters. The zero-order valence-electron chi connectivity index (χ0n) is 18.8. The Labute approximate surface area is 185 Å². The number of hydrogen-bond acceptors (Lipinski definition) is 5. The molecule has 0 aliphatic carbocycles. The van der Waals surface area contributed by atoms with Crippen molar-refractivity contribution < 1.29 is 9.50 Å². The topological polar surface area (TPSA) is 58.6 Å². The second kappa shape index (κ2) is 10.2. The molecule has 2 fully saturated rings. The highest BCUT2D eigenvalue weighted by Gasteiger charge is 2.34. The molecule has 1 aromatic carbocycles. The van der Waals surface area contributed by atoms with Crippen LogP contribution in [0, 0.1) is 5.82 Å². The third kappa shape index (κ3) is 5.34. The first kappa shape index (κ1) is 22.4. The number of piperidine rings is 1. The molecule has 0 amide bonds. The molecule has 0 saturated carbocycles. The number of benzene rings is 1. The molecule has 1 aromatic heterocycles. The van der Waals surface area contributed by atoms with Crippen LogP contribution in [0.5, 0.6) is 0 Å². The lowest BCUT2D eigenvalue weighted by atomic mass is 9.97. The average molecular weight is 430 g/mol. The number of aromatic amines is 1. The lowest BCUT2D eigenvalue weighted by molar-refractivity contribution is 0.00000969. The molecule has 6 nitrogen and oxygen atoms in total. The van der Waals surface area contributed by atoms with Gasteiger partial charge in [-0.05, 0) is 70.5 Å². The van der Waals surface area contributed by atoms with Crippen LogP contribution >= 0.6 is 0 Å². The van der Waals surface area contributed by atoms with E-state index in [1.165, 1.54) is 38.1 Å². The Morgan fingerprint density at radius 1 is 1.13 bits per heavy atom. The molecule has 2 N–H and O–H groups in total. The van der Waals surface area contributed by atoms with E-state index < -0.39 is 0 Å². The minimum atomic E-state index is -0.230. The molecular weight excluding hydrogens is 393 g/mol. The largest absolute Gasteiger partial charge is 0.396 e. The molecule has 7 heteroatoms. The molecule has 2 aliphatic heterocycles. The van der Waals surface area contributed by atoms with E-state index in [2.05, 4.69) is 38.7 Å². The summed E-state index contributed by atoms with van der Waals surface area (Å²) in [4.78, 5) is 7.71. The van der Waals surface area contributed by atoms with Gasteiger partial charge in [0.1, 0.15) is 5.82 Å². The predicted molar refractivity (Wildman–Crippen MR) is 121 cm³/mol. The summed E-state index contributed by atoms with van der Waals surface area (Å²) in [5, 5.41) is 17.0. The molecule has 31 heavy (non-hydrogen) atoms. The number of nitrogens with zero attached hydrogens (tertiary/aromatic N) is 4. The van der Waals surface area contributed by atoms with Crippen molar-refractivity contribution in [2.45, 2.75) is 57.8 Å². The highest BCUT2D eigenvalue weighted by molar-refractivity contribution is 5.62. The summed E-state index contributed by atoms with van der Waals surface area (Å²) in [5.74, 6) is -0.230. The van der Waals surface area contributed by atoms with E-state index in [0.717, 1.165) is 49.4 Å². The summed E-state index contributed by atoms with van der Waals surface area (Å²) in [6, 6.07) is 8.19. The molecule has 0 unspecified atom stereocenters. The summed E-state index contributed by atoms with van der Waals surface area (Å²) in [5.41, 5.74) is 3.05. The monoisotopic (exact) mass is 429 g/mol. The number of hydrogen-bond donors (Lipinski definition) is 2. The van der Waals surface area contributed by atoms with Crippen LogP contribution in [-0.2, 0) is 6.54 Å². The van der Waals surface area contributed by atoms with Crippen molar-refractivity contribution in [1.29, 1.82) is 0 Å². The Balaban J connectivity index is 1.39. The van der Waals surface area contributed by atoms with E-state index >= 15 is 0 Å². The molecule has 3 heterocycles. The molecular formula is C24H36FN5O. The fraction of sp³-hybridized carbons (Fsp3) is 0.625. The van der Waals surface area contributed by atoms with Crippen molar-refractivity contribution in [2.75, 3.05) is 39.3 Å². The van der Waals surface area contributed by atoms with Gasteiger partial charge in [0.2, 0.25) is 0 Å². The van der Waals surface area contributed by atoms with Gasteiger partial charge in [0.25, 0.3) is 0 Å². The summed E-state index contributed by atoms with van der Waals surface area (Å²) in [7, 11) is 0. The first-order chi connectivity index (χ1) is 15.0. The summed E-state index contributed by atoms with van der Waals surface area (Å²) in [6.45, 7) is 11.0. The number of aromatic nitrogens is 2. The van der Waals surface area contributed by atoms with Gasteiger partial charge >= 0.3 is 0 Å². The first-order valence-electron chi connectivity index (χ1n) is 11.7. The zero-order valence-corrected chi connectivity index (χ0v) is 18.8. The quantitative estimate of drug-likeness (QED) is 0.709. The van der Waals surface area contributed by atoms with Gasteiger partial charge in [-0.25, -0.2) is 4.39 Å². The van der Waals surface area contributed by atoms with Gasteiger partial charge in [-0.15, -0.1) is 0 Å². The van der Waals surface area contributed by atoms with Crippen molar-refractivity contribution >= 4 is 0 Å². The first-order valence-corrected chi connectivity index (χ1v) is 11.7. The Bertz CT molecular complexity index is 816. The average Bonchev–Trinajstić information content (AvgIpc) is 3.23. The molecule has 2 aromatic rings. The van der Waals surface area contributed by atoms with Crippen LogP contribution in [0.2, 0.25) is 0 Å². The van der Waals surface area contributed by atoms with E-state index in [0.29, 0.717) is 18.1 Å². The fourth-order valence-corrected chi connectivity index (χ4v) is 5.24. The summed E-state index contributed by atoms with van der Waals surface area (Å²) in [6.07, 6.45) is 5.14. The Morgan fingerprint density at radius 3 is 2.55 bits per heavy atom. The van der Waals surface area contributed by atoms with E-state index in [-0.39, 0.29) is 12.4 Å². The Hall–Kier alpha value is -1.80. The van der Waals surface area contributed by atoms with Crippen molar-refractivity contribution in [3.8, 4) is 11.3 Å². The normalized spacial score (nSPS) is 22.4. The number of nitrogens with one attached hydrogen (secondary N) is 1. The highest BCUT2D eigenvalue weighted by Crippen LogP contribution is 2.27. The van der Waals surface area contributed by atoms with Crippen molar-refractivity contribution in [2.24, 2.45) is 0 Å². The Morgan fingerprint density at radius 2 is 1.87 bits per heavy atom. The second-order valence-electron chi connectivity index (χ2n) is 9.28. The maximum absolute atomic E-state index is 13.3. The van der Waals surface area contributed by atoms with E-state index in [1.807, 2.05) is 6.20 Å². The van der Waals surface area contributed by atoms with Gasteiger partial charge in [0.05, 0.1) is 11.9 Å². The van der Waals surface area contributed by atoms with Gasteiger partial charge in [0, 0.05) is 62.0 Å². The molecule has 170 valence electrons. The van der Waals surface area contributed by atoms with Crippen LogP contribution in [0.15, 0.2) is 30.5 Å². The van der Waals surface area contributed by atoms with Gasteiger partial charge in [0.15, 0.2) is 0 Å². The lowest BCUT2D eigenvalue weighted by Gasteiger charge is -2.48. The number of aliphatic hydroxyl groups excluding tert-OH is 1. The van der Waals surface area contributed by atoms with Gasteiger partial charge < -0.3 is 10.0 Å². The van der Waals surface area contributed by atoms with Crippen molar-refractivity contribution in [3.05, 3.63) is 41.8 Å². The lowest BCUT2D eigenvalue weighted by Crippen LogP contribution is -2.58. The SMILES string of the molecule is CC(C)N1CCC(N2CCN(Cc3cn[nH]c3-c3ccc(F)cc3)C[C@H]2CCO)CC1. The smallest absolute Gasteiger partial charge is 0.123 e. The number of rotatable bonds is 7. The van der Waals surface area contributed by atoms with E-state index in [1.54, 1.807) is 12.1 Å². The van der Waals surface area contributed by atoms with Crippen LogP contribution in [0.1, 0.15) is 38.7 Å². The number of likely N-dealkylation sites (tertiary alicyclic amines) is 1. The van der Waals surface area contributed by atoms with Gasteiger partial charge in [-0.3, -0.25) is 14.9 Å². The number of halogens is 1. The van der Waals surface area contributed by atoms with Crippen molar-refractivity contribution in [1.82, 2.24) is 24.9 Å². The summed E-state index contributed by atoms with van der Waals surface area (Å²) < 4.78 is 13.3. The van der Waals surface area contributed by atoms with Crippen LogP contribution in [0.3, 0.4) is 0 Å². The third-order valence-corrected chi connectivity index (χ3v) is 7.02. The summed E-state index contributed by atoms with van der Waals surface area (Å²) >= 11 is 0. The van der Waals surface area contributed by atoms with E-state index in [4.69, 9.17) is 0 Å². The van der Waals surface area contributed by atoms with E-state index in [9.17, 15) is 9.50 Å². The second-order valence-corrected chi connectivity index (χ2v) is 9.28. The maximum Gasteiger partial charge on any atom is 0.123 e. The molecule has 2 saturated heterocycles. The minimum Gasteiger partial charge on any atom is -0.396 e. The molecule has 4 rings (SSSR count). The predicted octanol–water partition coefficient (Wildman–Crippen LogP) is 2.96. The van der Waals surface area contributed by atoms with Gasteiger partial charge in [-0.2, -0.15) is 5.10 Å². The van der Waals surface area contributed by atoms with Crippen LogP contribution in [0.25, 0.3) is 11.3 Å². The number of piperazine rings is 1. The standard InChI is InChI=1S/C24H36FN5O/c1-18(2)29-10-7-22(8-11-29)30-13-12-28(17-23(30)9-14-31)16-20-15-26-27-24(20)19-3-5-21(25)6-4-19/h3-6,15,18,22-23,31H,7-14,16-17H2,1-2H3,(H,26,27)/t23-/m1/s1. The Kier molecular flexibility index (Phi) is 7.38. The maximum atomic E-state index is 13.3. The van der Waals surface area contributed by atoms with Crippen molar-refractivity contribution in [3.63, 3.8) is 0 Å². The molecule has 0 radical (unpaired) electrons. The van der Waals surface area contributed by atoms with Crippen LogP contribution in [0.4, 0.5) is 4.39 Å². The molecule has 2 aliphatic rings. The number of H-pyrrole nitrogens is 1. The highest BCUT2D eigenvalue weighted by atomic mass is 19.1. The number of aliphatic hydroxyl groups is 1.